The standard InChI is InChI=1S/C5H8BrClF/c1-4(6)5(8)2-3-7/h4-5H,1-3H2. The molecule has 0 spiro atoms. The zero-order valence-electron chi connectivity index (χ0n) is 4.41. The number of halogens is 3. The molecule has 0 rings (SSSR count). The molecule has 49 valence electrons. The molecule has 8 heavy (non-hydrogen) atoms. The molecule has 0 heterocycles. The van der Waals surface area contributed by atoms with Crippen LogP contribution >= 0.6 is 27.5 Å². The molecule has 2 unspecified atom stereocenters. The van der Waals surface area contributed by atoms with Crippen molar-refractivity contribution in [1.82, 2.24) is 0 Å². The molecule has 0 aromatic heterocycles. The normalized spacial score (nSPS) is 18.0. The molecule has 0 fully saturated rings. The summed E-state index contributed by atoms with van der Waals surface area (Å²) < 4.78 is 12.3. The Morgan fingerprint density at radius 2 is 2.25 bits per heavy atom. The predicted octanol–water partition coefficient (Wildman–Crippen LogP) is 2.55. The summed E-state index contributed by atoms with van der Waals surface area (Å²) in [7, 11) is 0. The molecule has 2 atom stereocenters. The fourth-order valence-corrected chi connectivity index (χ4v) is 0.758. The lowest BCUT2D eigenvalue weighted by Gasteiger charge is -2.06. The average Bonchev–Trinajstić information content (AvgIpc) is 1.67. The lowest BCUT2D eigenvalue weighted by molar-refractivity contribution is 0.337. The molecule has 0 saturated carbocycles. The van der Waals surface area contributed by atoms with E-state index in [1.54, 1.807) is 0 Å². The van der Waals surface area contributed by atoms with Crippen LogP contribution < -0.4 is 0 Å². The zero-order valence-corrected chi connectivity index (χ0v) is 6.75. The van der Waals surface area contributed by atoms with Gasteiger partial charge in [0.1, 0.15) is 6.17 Å². The molecule has 3 heteroatoms. The smallest absolute Gasteiger partial charge is 0.114 e. The van der Waals surface area contributed by atoms with E-state index in [0.717, 1.165) is 0 Å². The van der Waals surface area contributed by atoms with Crippen molar-refractivity contribution in [3.63, 3.8) is 0 Å². The van der Waals surface area contributed by atoms with Gasteiger partial charge in [0, 0.05) is 10.7 Å². The molecular weight excluding hydrogens is 194 g/mol. The molecule has 0 aliphatic rings. The Bertz CT molecular complexity index is 58.4. The zero-order chi connectivity index (χ0) is 6.57. The highest BCUT2D eigenvalue weighted by Crippen LogP contribution is 2.11. The van der Waals surface area contributed by atoms with Crippen LogP contribution in [-0.2, 0) is 0 Å². The van der Waals surface area contributed by atoms with Crippen LogP contribution in [0.2, 0.25) is 0 Å². The Balaban J connectivity index is 3.17. The third-order valence-electron chi connectivity index (χ3n) is 0.777. The molecule has 0 aliphatic heterocycles. The van der Waals surface area contributed by atoms with Crippen LogP contribution in [0.3, 0.4) is 0 Å². The van der Waals surface area contributed by atoms with E-state index < -0.39 is 6.17 Å². The van der Waals surface area contributed by atoms with Gasteiger partial charge in [-0.3, -0.25) is 0 Å². The van der Waals surface area contributed by atoms with Gasteiger partial charge in [0.25, 0.3) is 0 Å². The number of hydrogen-bond acceptors (Lipinski definition) is 0. The summed E-state index contributed by atoms with van der Waals surface area (Å²) in [6.07, 6.45) is -0.534. The van der Waals surface area contributed by atoms with E-state index in [4.69, 9.17) is 11.6 Å². The van der Waals surface area contributed by atoms with Crippen molar-refractivity contribution >= 4 is 27.5 Å². The Morgan fingerprint density at radius 3 is 2.38 bits per heavy atom. The van der Waals surface area contributed by atoms with Gasteiger partial charge in [-0.15, -0.1) is 11.6 Å². The van der Waals surface area contributed by atoms with Crippen molar-refractivity contribution < 1.29 is 4.39 Å². The van der Waals surface area contributed by atoms with E-state index in [1.807, 2.05) is 0 Å². The highest BCUT2D eigenvalue weighted by Gasteiger charge is 2.10. The van der Waals surface area contributed by atoms with Crippen LogP contribution in [0.1, 0.15) is 6.42 Å². The van der Waals surface area contributed by atoms with Crippen molar-refractivity contribution in [2.45, 2.75) is 17.4 Å². The minimum absolute atomic E-state index is 0.318. The Morgan fingerprint density at radius 1 is 1.75 bits per heavy atom. The summed E-state index contributed by atoms with van der Waals surface area (Å²) in [5, 5.41) is 0. The van der Waals surface area contributed by atoms with Gasteiger partial charge in [0.2, 0.25) is 0 Å². The molecule has 0 aromatic rings. The van der Waals surface area contributed by atoms with E-state index in [9.17, 15) is 4.39 Å². The van der Waals surface area contributed by atoms with Gasteiger partial charge < -0.3 is 0 Å². The second-order valence-corrected chi connectivity index (χ2v) is 3.06. The monoisotopic (exact) mass is 201 g/mol. The topological polar surface area (TPSA) is 0 Å². The third-order valence-corrected chi connectivity index (χ3v) is 1.57. The van der Waals surface area contributed by atoms with Crippen molar-refractivity contribution in [2.24, 2.45) is 0 Å². The minimum atomic E-state index is -0.910. The van der Waals surface area contributed by atoms with Crippen molar-refractivity contribution in [3.05, 3.63) is 6.92 Å². The quantitative estimate of drug-likeness (QED) is 0.617. The molecule has 0 amide bonds. The highest BCUT2D eigenvalue weighted by atomic mass is 79.9. The van der Waals surface area contributed by atoms with Crippen LogP contribution in [0, 0.1) is 6.92 Å². The van der Waals surface area contributed by atoms with Gasteiger partial charge in [0.15, 0.2) is 0 Å². The van der Waals surface area contributed by atoms with Crippen LogP contribution in [-0.4, -0.2) is 16.9 Å². The fourth-order valence-electron chi connectivity index (χ4n) is 0.285. The Kier molecular flexibility index (Phi) is 4.97. The van der Waals surface area contributed by atoms with Gasteiger partial charge in [0.05, 0.1) is 0 Å². The van der Waals surface area contributed by atoms with Crippen molar-refractivity contribution in [2.75, 3.05) is 5.88 Å². The lowest BCUT2D eigenvalue weighted by atomic mass is 10.2. The Labute approximate surface area is 62.5 Å². The largest absolute Gasteiger partial charge is 0.246 e. The maximum absolute atomic E-state index is 12.3. The van der Waals surface area contributed by atoms with E-state index in [1.165, 1.54) is 0 Å². The summed E-state index contributed by atoms with van der Waals surface area (Å²) >= 11 is 8.25. The average molecular weight is 202 g/mol. The fraction of sp³-hybridized carbons (Fsp3) is 0.800. The minimum Gasteiger partial charge on any atom is -0.246 e. The second-order valence-electron chi connectivity index (χ2n) is 1.51. The van der Waals surface area contributed by atoms with Gasteiger partial charge in [-0.05, 0) is 13.3 Å². The van der Waals surface area contributed by atoms with Gasteiger partial charge >= 0.3 is 0 Å². The number of alkyl halides is 3. The SMILES string of the molecule is [CH2]C(Br)C(F)CCCl. The first kappa shape index (κ1) is 8.70. The third kappa shape index (κ3) is 3.67. The molecule has 0 saturated heterocycles. The maximum Gasteiger partial charge on any atom is 0.114 e. The first-order chi connectivity index (χ1) is 3.68. The highest BCUT2D eigenvalue weighted by molar-refractivity contribution is 9.09. The predicted molar refractivity (Wildman–Crippen MR) is 38.3 cm³/mol. The van der Waals surface area contributed by atoms with Gasteiger partial charge in [-0.25, -0.2) is 4.39 Å². The molecule has 0 aliphatic carbocycles. The first-order valence-corrected chi connectivity index (χ1v) is 3.80. The molecular formula is C5H8BrClF. The van der Waals surface area contributed by atoms with Crippen molar-refractivity contribution in [1.29, 1.82) is 0 Å². The summed E-state index contributed by atoms with van der Waals surface area (Å²) in [6, 6.07) is 0. The van der Waals surface area contributed by atoms with Gasteiger partial charge in [-0.2, -0.15) is 0 Å². The molecule has 0 bridgehead atoms. The molecule has 0 aromatic carbocycles. The number of hydrogen-bond donors (Lipinski definition) is 0. The second kappa shape index (κ2) is 4.57. The van der Waals surface area contributed by atoms with Crippen molar-refractivity contribution in [3.8, 4) is 0 Å². The van der Waals surface area contributed by atoms with E-state index >= 15 is 0 Å². The summed E-state index contributed by atoms with van der Waals surface area (Å²) in [5.74, 6) is 0.360. The molecule has 1 radical (unpaired) electrons. The summed E-state index contributed by atoms with van der Waals surface area (Å²) in [5.41, 5.74) is 0. The summed E-state index contributed by atoms with van der Waals surface area (Å²) in [4.78, 5) is -0.318. The summed E-state index contributed by atoms with van der Waals surface area (Å²) in [6.45, 7) is 3.44. The van der Waals surface area contributed by atoms with Crippen LogP contribution in [0.5, 0.6) is 0 Å². The van der Waals surface area contributed by atoms with E-state index in [2.05, 4.69) is 22.9 Å². The lowest BCUT2D eigenvalue weighted by Crippen LogP contribution is -2.11. The molecule has 0 N–H and O–H groups in total. The van der Waals surface area contributed by atoms with Crippen LogP contribution in [0.25, 0.3) is 0 Å². The van der Waals surface area contributed by atoms with E-state index in [0.29, 0.717) is 12.3 Å². The van der Waals surface area contributed by atoms with Crippen LogP contribution in [0.4, 0.5) is 4.39 Å². The Hall–Kier alpha value is 0.700. The molecule has 0 nitrogen and oxygen atoms in total. The van der Waals surface area contributed by atoms with Gasteiger partial charge in [-0.1, -0.05) is 15.9 Å². The van der Waals surface area contributed by atoms with Crippen LogP contribution in [0.15, 0.2) is 0 Å². The maximum atomic E-state index is 12.3. The van der Waals surface area contributed by atoms with E-state index in [-0.39, 0.29) is 4.83 Å². The number of rotatable bonds is 3. The first-order valence-electron chi connectivity index (χ1n) is 2.35.